The van der Waals surface area contributed by atoms with E-state index in [0.29, 0.717) is 0 Å². The standard InChI is InChI=1S/C17H24ClN3/c1-6-19-16(14-9-11(2)7-8-12(14)3)10-15-13(4)20-21(5)17(15)18/h7-9,16,19H,6,10H2,1-5H3. The number of hydrogen-bond donors (Lipinski definition) is 1. The molecule has 0 radical (unpaired) electrons. The van der Waals surface area contributed by atoms with Gasteiger partial charge in [0.1, 0.15) is 5.15 Å². The lowest BCUT2D eigenvalue weighted by Gasteiger charge is -2.21. The summed E-state index contributed by atoms with van der Waals surface area (Å²) in [6, 6.07) is 6.87. The van der Waals surface area contributed by atoms with E-state index >= 15 is 0 Å². The van der Waals surface area contributed by atoms with Gasteiger partial charge in [0.15, 0.2) is 0 Å². The Morgan fingerprint density at radius 3 is 2.57 bits per heavy atom. The van der Waals surface area contributed by atoms with E-state index in [0.717, 1.165) is 29.4 Å². The van der Waals surface area contributed by atoms with Crippen LogP contribution in [0.5, 0.6) is 0 Å². The monoisotopic (exact) mass is 305 g/mol. The zero-order chi connectivity index (χ0) is 15.6. The van der Waals surface area contributed by atoms with Crippen LogP contribution < -0.4 is 5.32 Å². The van der Waals surface area contributed by atoms with E-state index in [1.165, 1.54) is 16.7 Å². The van der Waals surface area contributed by atoms with E-state index in [1.807, 2.05) is 14.0 Å². The number of likely N-dealkylation sites (N-methyl/N-ethyl adjacent to an activating group) is 1. The van der Waals surface area contributed by atoms with Gasteiger partial charge in [-0.2, -0.15) is 5.10 Å². The van der Waals surface area contributed by atoms with Gasteiger partial charge in [-0.1, -0.05) is 42.3 Å². The van der Waals surface area contributed by atoms with Gasteiger partial charge in [0.05, 0.1) is 5.69 Å². The Kier molecular flexibility index (Phi) is 5.07. The van der Waals surface area contributed by atoms with Gasteiger partial charge >= 0.3 is 0 Å². The molecule has 0 saturated heterocycles. The lowest BCUT2D eigenvalue weighted by atomic mass is 9.94. The molecule has 0 spiro atoms. The highest BCUT2D eigenvalue weighted by molar-refractivity contribution is 6.30. The highest BCUT2D eigenvalue weighted by Crippen LogP contribution is 2.28. The lowest BCUT2D eigenvalue weighted by Crippen LogP contribution is -2.24. The van der Waals surface area contributed by atoms with Crippen LogP contribution in [0.4, 0.5) is 0 Å². The molecule has 1 N–H and O–H groups in total. The fraction of sp³-hybridized carbons (Fsp3) is 0.471. The molecule has 2 aromatic rings. The number of aromatic nitrogens is 2. The zero-order valence-electron chi connectivity index (χ0n) is 13.5. The van der Waals surface area contributed by atoms with Crippen LogP contribution in [0.2, 0.25) is 5.15 Å². The summed E-state index contributed by atoms with van der Waals surface area (Å²) in [7, 11) is 1.89. The van der Waals surface area contributed by atoms with Crippen LogP contribution in [0.25, 0.3) is 0 Å². The first kappa shape index (κ1) is 16.1. The summed E-state index contributed by atoms with van der Waals surface area (Å²) in [5.74, 6) is 0. The van der Waals surface area contributed by atoms with Crippen molar-refractivity contribution < 1.29 is 0 Å². The van der Waals surface area contributed by atoms with Crippen LogP contribution in [-0.4, -0.2) is 16.3 Å². The van der Waals surface area contributed by atoms with Crippen molar-refractivity contribution in [1.82, 2.24) is 15.1 Å². The summed E-state index contributed by atoms with van der Waals surface area (Å²) in [6.07, 6.45) is 0.858. The van der Waals surface area contributed by atoms with Crippen molar-refractivity contribution in [3.05, 3.63) is 51.3 Å². The molecular formula is C17H24ClN3. The predicted molar refractivity (Wildman–Crippen MR) is 89.0 cm³/mol. The maximum atomic E-state index is 6.39. The number of halogens is 1. The number of aryl methyl sites for hydroxylation is 4. The van der Waals surface area contributed by atoms with Gasteiger partial charge in [-0.3, -0.25) is 4.68 Å². The fourth-order valence-corrected chi connectivity index (χ4v) is 3.04. The summed E-state index contributed by atoms with van der Waals surface area (Å²) < 4.78 is 1.75. The number of benzene rings is 1. The van der Waals surface area contributed by atoms with Crippen molar-refractivity contribution in [2.45, 2.75) is 40.2 Å². The van der Waals surface area contributed by atoms with Crippen molar-refractivity contribution in [3.8, 4) is 0 Å². The average molecular weight is 306 g/mol. The van der Waals surface area contributed by atoms with Crippen molar-refractivity contribution >= 4 is 11.6 Å². The van der Waals surface area contributed by atoms with Crippen LogP contribution in [0, 0.1) is 20.8 Å². The van der Waals surface area contributed by atoms with Gasteiger partial charge in [0.2, 0.25) is 0 Å². The molecule has 1 unspecified atom stereocenters. The zero-order valence-corrected chi connectivity index (χ0v) is 14.3. The Balaban J connectivity index is 2.37. The Hall–Kier alpha value is -1.32. The third kappa shape index (κ3) is 3.47. The molecule has 1 atom stereocenters. The Bertz CT molecular complexity index is 631. The maximum absolute atomic E-state index is 6.39. The van der Waals surface area contributed by atoms with Gasteiger partial charge in [-0.25, -0.2) is 0 Å². The Labute approximate surface area is 132 Å². The molecule has 1 aromatic carbocycles. The molecule has 2 rings (SSSR count). The van der Waals surface area contributed by atoms with Crippen molar-refractivity contribution in [3.63, 3.8) is 0 Å². The smallest absolute Gasteiger partial charge is 0.130 e. The highest BCUT2D eigenvalue weighted by atomic mass is 35.5. The van der Waals surface area contributed by atoms with Crippen LogP contribution in [0.1, 0.15) is 40.9 Å². The maximum Gasteiger partial charge on any atom is 0.130 e. The lowest BCUT2D eigenvalue weighted by molar-refractivity contribution is 0.546. The molecular weight excluding hydrogens is 282 g/mol. The Morgan fingerprint density at radius 1 is 1.29 bits per heavy atom. The van der Waals surface area contributed by atoms with Crippen molar-refractivity contribution in [1.29, 1.82) is 0 Å². The molecule has 0 aliphatic heterocycles. The van der Waals surface area contributed by atoms with Crippen LogP contribution in [0.15, 0.2) is 18.2 Å². The molecule has 0 aliphatic carbocycles. The van der Waals surface area contributed by atoms with Gasteiger partial charge in [0.25, 0.3) is 0 Å². The fourth-order valence-electron chi connectivity index (χ4n) is 2.78. The van der Waals surface area contributed by atoms with Gasteiger partial charge in [-0.15, -0.1) is 0 Å². The molecule has 0 bridgehead atoms. The third-order valence-corrected chi connectivity index (χ3v) is 4.41. The minimum Gasteiger partial charge on any atom is -0.310 e. The quantitative estimate of drug-likeness (QED) is 0.908. The van der Waals surface area contributed by atoms with Gasteiger partial charge in [0, 0.05) is 18.7 Å². The normalized spacial score (nSPS) is 12.7. The second-order valence-corrected chi connectivity index (χ2v) is 6.01. The van der Waals surface area contributed by atoms with Crippen LogP contribution in [0.3, 0.4) is 0 Å². The second-order valence-electron chi connectivity index (χ2n) is 5.65. The molecule has 0 saturated carbocycles. The molecule has 0 aliphatic rings. The summed E-state index contributed by atoms with van der Waals surface area (Å²) in [6.45, 7) is 9.38. The molecule has 21 heavy (non-hydrogen) atoms. The average Bonchev–Trinajstić information content (AvgIpc) is 2.67. The molecule has 1 heterocycles. The van der Waals surface area contributed by atoms with E-state index in [4.69, 9.17) is 11.6 Å². The predicted octanol–water partition coefficient (Wildman–Crippen LogP) is 3.89. The molecule has 114 valence electrons. The molecule has 1 aromatic heterocycles. The summed E-state index contributed by atoms with van der Waals surface area (Å²) in [4.78, 5) is 0. The number of nitrogens with one attached hydrogen (secondary N) is 1. The van der Waals surface area contributed by atoms with Crippen LogP contribution >= 0.6 is 11.6 Å². The molecule has 3 nitrogen and oxygen atoms in total. The molecule has 0 fully saturated rings. The first-order chi connectivity index (χ1) is 9.93. The van der Waals surface area contributed by atoms with Crippen LogP contribution in [-0.2, 0) is 13.5 Å². The largest absolute Gasteiger partial charge is 0.310 e. The van der Waals surface area contributed by atoms with E-state index < -0.39 is 0 Å². The first-order valence-electron chi connectivity index (χ1n) is 7.42. The van der Waals surface area contributed by atoms with E-state index in [-0.39, 0.29) is 6.04 Å². The van der Waals surface area contributed by atoms with E-state index in [9.17, 15) is 0 Å². The molecule has 4 heteroatoms. The van der Waals surface area contributed by atoms with E-state index in [1.54, 1.807) is 4.68 Å². The minimum atomic E-state index is 0.260. The summed E-state index contributed by atoms with van der Waals surface area (Å²) in [5, 5.41) is 8.73. The first-order valence-corrected chi connectivity index (χ1v) is 7.80. The minimum absolute atomic E-state index is 0.260. The van der Waals surface area contributed by atoms with Crippen molar-refractivity contribution in [2.24, 2.45) is 7.05 Å². The third-order valence-electron chi connectivity index (χ3n) is 3.94. The highest BCUT2D eigenvalue weighted by Gasteiger charge is 2.19. The number of nitrogens with zero attached hydrogens (tertiary/aromatic N) is 2. The van der Waals surface area contributed by atoms with E-state index in [2.05, 4.69) is 49.4 Å². The van der Waals surface area contributed by atoms with Gasteiger partial charge in [-0.05, 0) is 44.9 Å². The summed E-state index contributed by atoms with van der Waals surface area (Å²) >= 11 is 6.39. The molecule has 0 amide bonds. The van der Waals surface area contributed by atoms with Crippen molar-refractivity contribution in [2.75, 3.05) is 6.54 Å². The second kappa shape index (κ2) is 6.63. The van der Waals surface area contributed by atoms with Gasteiger partial charge < -0.3 is 5.32 Å². The number of hydrogen-bond acceptors (Lipinski definition) is 2. The Morgan fingerprint density at radius 2 is 2.00 bits per heavy atom. The SMILES string of the molecule is CCNC(Cc1c(C)nn(C)c1Cl)c1cc(C)ccc1C. The topological polar surface area (TPSA) is 29.9 Å². The summed E-state index contributed by atoms with van der Waals surface area (Å²) in [5.41, 5.74) is 6.08. The number of rotatable bonds is 5.